The fraction of sp³-hybridized carbons (Fsp3) is 0.333. The van der Waals surface area contributed by atoms with Gasteiger partial charge in [-0.05, 0) is 34.7 Å². The van der Waals surface area contributed by atoms with Crippen molar-refractivity contribution < 1.29 is 17.9 Å². The summed E-state index contributed by atoms with van der Waals surface area (Å²) in [6.07, 6.45) is 1.55. The third-order valence-electron chi connectivity index (χ3n) is 7.06. The van der Waals surface area contributed by atoms with Crippen LogP contribution in [-0.4, -0.2) is 68.6 Å². The Balaban J connectivity index is 1.43. The molecule has 1 amide bonds. The van der Waals surface area contributed by atoms with Crippen molar-refractivity contribution in [2.45, 2.75) is 31.1 Å². The van der Waals surface area contributed by atoms with Crippen LogP contribution >= 0.6 is 0 Å². The molecule has 0 radical (unpaired) electrons. The second-order valence-corrected chi connectivity index (χ2v) is 12.6. The van der Waals surface area contributed by atoms with Gasteiger partial charge in [0.15, 0.2) is 0 Å². The number of carbonyl (C=O) groups is 1. The molecule has 0 spiro atoms. The molecule has 210 valence electrons. The van der Waals surface area contributed by atoms with Gasteiger partial charge in [-0.3, -0.25) is 14.4 Å². The van der Waals surface area contributed by atoms with Gasteiger partial charge >= 0.3 is 0 Å². The molecule has 9 nitrogen and oxygen atoms in total. The number of sulfonamides is 1. The van der Waals surface area contributed by atoms with Crippen molar-refractivity contribution in [2.24, 2.45) is 0 Å². The number of nitrogens with zero attached hydrogens (tertiary/aromatic N) is 2. The number of pyridine rings is 1. The summed E-state index contributed by atoms with van der Waals surface area (Å²) in [4.78, 5) is 23.3. The van der Waals surface area contributed by atoms with Gasteiger partial charge in [0.2, 0.25) is 0 Å². The lowest BCUT2D eigenvalue weighted by Crippen LogP contribution is -2.41. The van der Waals surface area contributed by atoms with E-state index in [1.165, 1.54) is 0 Å². The summed E-state index contributed by atoms with van der Waals surface area (Å²) >= 11 is 0. The van der Waals surface area contributed by atoms with E-state index in [9.17, 15) is 13.2 Å². The van der Waals surface area contributed by atoms with Gasteiger partial charge in [0, 0.05) is 37.1 Å². The van der Waals surface area contributed by atoms with Gasteiger partial charge in [-0.15, -0.1) is 0 Å². The Bertz CT molecular complexity index is 1590. The van der Waals surface area contributed by atoms with Crippen LogP contribution in [-0.2, 0) is 20.2 Å². The Labute approximate surface area is 235 Å². The predicted molar refractivity (Wildman–Crippen MR) is 157 cm³/mol. The first-order chi connectivity index (χ1) is 19.1. The van der Waals surface area contributed by atoms with Crippen molar-refractivity contribution in [1.29, 1.82) is 0 Å². The largest absolute Gasteiger partial charge is 0.379 e. The molecule has 0 bridgehead atoms. The van der Waals surface area contributed by atoms with E-state index in [0.29, 0.717) is 41.9 Å². The van der Waals surface area contributed by atoms with E-state index >= 15 is 0 Å². The summed E-state index contributed by atoms with van der Waals surface area (Å²) in [5, 5.41) is 3.72. The molecule has 1 aliphatic heterocycles. The highest BCUT2D eigenvalue weighted by Gasteiger charge is 2.22. The number of fused-ring (bicyclic) bond motifs is 1. The first kappa shape index (κ1) is 27.8. The molecule has 4 aromatic rings. The molecule has 1 fully saturated rings. The molecule has 0 atom stereocenters. The molecule has 3 N–H and O–H groups in total. The second kappa shape index (κ2) is 11.4. The number of amides is 1. The van der Waals surface area contributed by atoms with E-state index in [2.05, 4.69) is 45.7 Å². The summed E-state index contributed by atoms with van der Waals surface area (Å²) in [6, 6.07) is 18.1. The van der Waals surface area contributed by atoms with Crippen LogP contribution in [0.2, 0.25) is 0 Å². The van der Waals surface area contributed by atoms with E-state index in [1.807, 2.05) is 42.5 Å². The number of anilines is 1. The molecular formula is C30H35N5O4S. The zero-order valence-electron chi connectivity index (χ0n) is 23.0. The number of nitrogens with one attached hydrogen (secondary N) is 3. The topological polar surface area (TPSA) is 116 Å². The fourth-order valence-electron chi connectivity index (χ4n) is 4.80. The Kier molecular flexibility index (Phi) is 7.93. The van der Waals surface area contributed by atoms with Crippen LogP contribution in [0.25, 0.3) is 22.0 Å². The summed E-state index contributed by atoms with van der Waals surface area (Å²) in [7, 11) is -3.87. The molecule has 2 aromatic heterocycles. The molecule has 0 unspecified atom stereocenters. The number of carbonyl (C=O) groups excluding carboxylic acids is 1. The zero-order chi connectivity index (χ0) is 28.3. The summed E-state index contributed by atoms with van der Waals surface area (Å²) < 4.78 is 34.4. The van der Waals surface area contributed by atoms with Crippen LogP contribution < -0.4 is 10.0 Å². The normalized spacial score (nSPS) is 14.8. The van der Waals surface area contributed by atoms with Crippen LogP contribution in [0.5, 0.6) is 0 Å². The molecule has 1 aliphatic rings. The molecule has 40 heavy (non-hydrogen) atoms. The third kappa shape index (κ3) is 6.19. The number of aromatic nitrogens is 2. The number of H-pyrrole nitrogens is 1. The number of hydrogen-bond donors (Lipinski definition) is 3. The minimum atomic E-state index is -3.87. The van der Waals surface area contributed by atoms with Crippen molar-refractivity contribution in [2.75, 3.05) is 44.1 Å². The average Bonchev–Trinajstić information content (AvgIpc) is 3.32. The smallest absolute Gasteiger partial charge is 0.268 e. The first-order valence-electron chi connectivity index (χ1n) is 13.4. The predicted octanol–water partition coefficient (Wildman–Crippen LogP) is 4.39. The Morgan fingerprint density at radius 2 is 1.75 bits per heavy atom. The lowest BCUT2D eigenvalue weighted by Gasteiger charge is -2.26. The highest BCUT2D eigenvalue weighted by atomic mass is 32.2. The van der Waals surface area contributed by atoms with Crippen molar-refractivity contribution in [3.05, 3.63) is 78.1 Å². The van der Waals surface area contributed by atoms with Crippen molar-refractivity contribution in [1.82, 2.24) is 20.2 Å². The van der Waals surface area contributed by atoms with Gasteiger partial charge in [-0.2, -0.15) is 0 Å². The second-order valence-electron chi connectivity index (χ2n) is 10.9. The SMILES string of the molecule is CC(C)(C)c1ccc(S(=O)(=O)Nc2cc3c(-c4ccccc4)c(C(=O)NCCN4CCOCC4)[nH]c3cn2)cc1. The van der Waals surface area contributed by atoms with E-state index in [-0.39, 0.29) is 22.0 Å². The Morgan fingerprint density at radius 1 is 1.05 bits per heavy atom. The maximum absolute atomic E-state index is 13.3. The van der Waals surface area contributed by atoms with Crippen molar-refractivity contribution in [3.8, 4) is 11.1 Å². The van der Waals surface area contributed by atoms with Crippen molar-refractivity contribution >= 4 is 32.7 Å². The molecule has 2 aromatic carbocycles. The highest BCUT2D eigenvalue weighted by Crippen LogP contribution is 2.34. The van der Waals surface area contributed by atoms with Gasteiger partial charge in [0.05, 0.1) is 29.8 Å². The van der Waals surface area contributed by atoms with E-state index < -0.39 is 10.0 Å². The first-order valence-corrected chi connectivity index (χ1v) is 14.9. The van der Waals surface area contributed by atoms with Crippen LogP contribution in [0.1, 0.15) is 36.8 Å². The van der Waals surface area contributed by atoms with Crippen molar-refractivity contribution in [3.63, 3.8) is 0 Å². The average molecular weight is 562 g/mol. The van der Waals surface area contributed by atoms with E-state index in [1.54, 1.807) is 24.4 Å². The van der Waals surface area contributed by atoms with E-state index in [0.717, 1.165) is 30.8 Å². The number of rotatable bonds is 8. The number of benzene rings is 2. The van der Waals surface area contributed by atoms with Gasteiger partial charge in [-0.1, -0.05) is 63.2 Å². The minimum absolute atomic E-state index is 0.0864. The van der Waals surface area contributed by atoms with Crippen LogP contribution in [0.15, 0.2) is 71.8 Å². The van der Waals surface area contributed by atoms with Gasteiger partial charge in [0.25, 0.3) is 15.9 Å². The number of hydrogen-bond acceptors (Lipinski definition) is 6. The van der Waals surface area contributed by atoms with Gasteiger partial charge in [0.1, 0.15) is 11.5 Å². The molecule has 10 heteroatoms. The maximum atomic E-state index is 13.3. The monoisotopic (exact) mass is 561 g/mol. The highest BCUT2D eigenvalue weighted by molar-refractivity contribution is 7.92. The quantitative estimate of drug-likeness (QED) is 0.294. The molecule has 3 heterocycles. The van der Waals surface area contributed by atoms with E-state index in [4.69, 9.17) is 4.74 Å². The van der Waals surface area contributed by atoms with Crippen LogP contribution in [0.3, 0.4) is 0 Å². The third-order valence-corrected chi connectivity index (χ3v) is 8.43. The minimum Gasteiger partial charge on any atom is -0.379 e. The molecular weight excluding hydrogens is 526 g/mol. The van der Waals surface area contributed by atoms with Gasteiger partial charge < -0.3 is 15.0 Å². The molecule has 0 aliphatic carbocycles. The number of morpholine rings is 1. The Hall–Kier alpha value is -3.73. The number of aromatic amines is 1. The van der Waals surface area contributed by atoms with Crippen LogP contribution in [0, 0.1) is 0 Å². The molecule has 0 saturated carbocycles. The Morgan fingerprint density at radius 3 is 2.42 bits per heavy atom. The zero-order valence-corrected chi connectivity index (χ0v) is 23.8. The standard InChI is InChI=1S/C30H35N5O4S/c1-30(2,3)22-9-11-23(12-10-22)40(37,38)34-26-19-24-25(20-32-26)33-28(27(24)21-7-5-4-6-8-21)29(36)31-13-14-35-15-17-39-18-16-35/h4-12,19-20,33H,13-18H2,1-3H3,(H,31,36)(H,32,34). The molecule has 5 rings (SSSR count). The fourth-order valence-corrected chi connectivity index (χ4v) is 5.80. The van der Waals surface area contributed by atoms with Gasteiger partial charge in [-0.25, -0.2) is 13.4 Å². The van der Waals surface area contributed by atoms with Crippen LogP contribution in [0.4, 0.5) is 5.82 Å². The number of ether oxygens (including phenoxy) is 1. The summed E-state index contributed by atoms with van der Waals surface area (Å²) in [5.41, 5.74) is 3.53. The summed E-state index contributed by atoms with van der Waals surface area (Å²) in [6.45, 7) is 10.6. The lowest BCUT2D eigenvalue weighted by molar-refractivity contribution is 0.0383. The summed E-state index contributed by atoms with van der Waals surface area (Å²) in [5.74, 6) is -0.0627. The maximum Gasteiger partial charge on any atom is 0.268 e. The molecule has 1 saturated heterocycles. The lowest BCUT2D eigenvalue weighted by atomic mass is 9.87.